The van der Waals surface area contributed by atoms with Crippen molar-refractivity contribution in [3.05, 3.63) is 110 Å². The first-order valence-electron chi connectivity index (χ1n) is 8.85. The Bertz CT molecular complexity index is 1260. The summed E-state index contributed by atoms with van der Waals surface area (Å²) < 4.78 is 6.85. The summed E-state index contributed by atoms with van der Waals surface area (Å²) in [5.41, 5.74) is 2.20. The number of hydrogen-bond acceptors (Lipinski definition) is 3. The molecule has 1 aromatic heterocycles. The number of carbonyl (C=O) groups excluding carboxylic acids is 1. The number of fused-ring (bicyclic) bond motifs is 2. The largest absolute Gasteiger partial charge is 0.450 e. The van der Waals surface area contributed by atoms with Crippen molar-refractivity contribution in [3.8, 4) is 0 Å². The number of hydrogen-bond donors (Lipinski definition) is 0. The molecule has 4 aromatic rings. The average molecular weight is 432 g/mol. The van der Waals surface area contributed by atoms with E-state index in [4.69, 9.17) is 4.42 Å². The van der Waals surface area contributed by atoms with E-state index in [1.807, 2.05) is 54.6 Å². The number of anilines is 1. The molecule has 0 N–H and O–H groups in total. The Hall–Kier alpha value is -3.18. The Balaban J connectivity index is 1.83. The summed E-state index contributed by atoms with van der Waals surface area (Å²) in [6.07, 6.45) is 0. The van der Waals surface area contributed by atoms with E-state index in [1.54, 1.807) is 29.2 Å². The van der Waals surface area contributed by atoms with Crippen molar-refractivity contribution in [2.24, 2.45) is 0 Å². The number of amides is 1. The minimum Gasteiger partial charge on any atom is -0.450 e. The Morgan fingerprint density at radius 3 is 2.25 bits per heavy atom. The van der Waals surface area contributed by atoms with E-state index in [0.717, 1.165) is 15.7 Å². The van der Waals surface area contributed by atoms with E-state index in [0.29, 0.717) is 16.5 Å². The van der Waals surface area contributed by atoms with Crippen LogP contribution in [-0.2, 0) is 0 Å². The zero-order chi connectivity index (χ0) is 19.3. The fraction of sp³-hybridized carbons (Fsp3) is 0.0435. The zero-order valence-electron chi connectivity index (χ0n) is 14.6. The molecule has 1 aliphatic heterocycles. The Kier molecular flexibility index (Phi) is 3.91. The molecule has 0 aliphatic carbocycles. The van der Waals surface area contributed by atoms with E-state index in [2.05, 4.69) is 15.9 Å². The van der Waals surface area contributed by atoms with Crippen LogP contribution in [0.4, 0.5) is 5.69 Å². The summed E-state index contributed by atoms with van der Waals surface area (Å²) in [5, 5.41) is 0.478. The molecule has 0 saturated carbocycles. The van der Waals surface area contributed by atoms with Crippen molar-refractivity contribution < 1.29 is 9.21 Å². The second-order valence-electron chi connectivity index (χ2n) is 6.63. The molecule has 1 unspecified atom stereocenters. The molecule has 1 aliphatic rings. The van der Waals surface area contributed by atoms with E-state index in [9.17, 15) is 9.59 Å². The smallest absolute Gasteiger partial charge is 0.295 e. The predicted molar refractivity (Wildman–Crippen MR) is 112 cm³/mol. The predicted octanol–water partition coefficient (Wildman–Crippen LogP) is 5.31. The number of para-hydroxylation sites is 2. The summed E-state index contributed by atoms with van der Waals surface area (Å²) in [6, 6.07) is 23.5. The van der Waals surface area contributed by atoms with Crippen molar-refractivity contribution in [1.29, 1.82) is 0 Å². The average Bonchev–Trinajstić information content (AvgIpc) is 3.02. The standard InChI is InChI=1S/C23H14BrNO3/c24-15-12-10-14(11-13-15)20-19-21(26)17-8-4-5-9-18(17)28-22(19)23(27)25(20)16-6-2-1-3-7-16/h1-13,20H. The Morgan fingerprint density at radius 1 is 0.821 bits per heavy atom. The molecule has 4 nitrogen and oxygen atoms in total. The van der Waals surface area contributed by atoms with Gasteiger partial charge in [-0.05, 0) is 42.0 Å². The lowest BCUT2D eigenvalue weighted by Gasteiger charge is -2.25. The fourth-order valence-electron chi connectivity index (χ4n) is 3.74. The van der Waals surface area contributed by atoms with Gasteiger partial charge in [-0.25, -0.2) is 0 Å². The van der Waals surface area contributed by atoms with Crippen molar-refractivity contribution in [2.75, 3.05) is 4.90 Å². The summed E-state index contributed by atoms with van der Waals surface area (Å²) in [4.78, 5) is 28.3. The summed E-state index contributed by atoms with van der Waals surface area (Å²) in [7, 11) is 0. The van der Waals surface area contributed by atoms with Crippen LogP contribution < -0.4 is 10.3 Å². The maximum atomic E-state index is 13.3. The molecule has 3 aromatic carbocycles. The van der Waals surface area contributed by atoms with Gasteiger partial charge in [0.15, 0.2) is 5.43 Å². The second kappa shape index (κ2) is 6.46. The monoisotopic (exact) mass is 431 g/mol. The number of nitrogens with zero attached hydrogens (tertiary/aromatic N) is 1. The van der Waals surface area contributed by atoms with Crippen molar-refractivity contribution in [2.45, 2.75) is 6.04 Å². The van der Waals surface area contributed by atoms with E-state index < -0.39 is 6.04 Å². The van der Waals surface area contributed by atoms with Crippen LogP contribution in [0.2, 0.25) is 0 Å². The van der Waals surface area contributed by atoms with Crippen LogP contribution in [0.25, 0.3) is 11.0 Å². The van der Waals surface area contributed by atoms with Gasteiger partial charge in [-0.15, -0.1) is 0 Å². The molecular formula is C23H14BrNO3. The second-order valence-corrected chi connectivity index (χ2v) is 7.55. The molecule has 0 saturated heterocycles. The van der Waals surface area contributed by atoms with Gasteiger partial charge in [0.25, 0.3) is 5.91 Å². The van der Waals surface area contributed by atoms with Crippen LogP contribution in [0.3, 0.4) is 0 Å². The summed E-state index contributed by atoms with van der Waals surface area (Å²) in [5.74, 6) is -0.197. The van der Waals surface area contributed by atoms with Gasteiger partial charge in [0, 0.05) is 10.2 Å². The highest BCUT2D eigenvalue weighted by Gasteiger charge is 2.43. The Morgan fingerprint density at radius 2 is 1.50 bits per heavy atom. The van der Waals surface area contributed by atoms with Crippen LogP contribution in [-0.4, -0.2) is 5.91 Å². The minimum absolute atomic E-state index is 0.112. The fourth-order valence-corrected chi connectivity index (χ4v) is 4.00. The maximum absolute atomic E-state index is 13.3. The molecular weight excluding hydrogens is 418 g/mol. The molecule has 1 atom stereocenters. The zero-order valence-corrected chi connectivity index (χ0v) is 16.2. The molecule has 0 fully saturated rings. The van der Waals surface area contributed by atoms with Gasteiger partial charge in [0.1, 0.15) is 5.58 Å². The number of carbonyl (C=O) groups is 1. The Labute approximate surface area is 169 Å². The van der Waals surface area contributed by atoms with Gasteiger partial charge >= 0.3 is 0 Å². The molecule has 0 bridgehead atoms. The van der Waals surface area contributed by atoms with Crippen molar-refractivity contribution in [1.82, 2.24) is 0 Å². The first kappa shape index (κ1) is 17.0. The van der Waals surface area contributed by atoms with Crippen LogP contribution in [0.1, 0.15) is 27.7 Å². The molecule has 0 radical (unpaired) electrons. The quantitative estimate of drug-likeness (QED) is 0.432. The first-order valence-corrected chi connectivity index (χ1v) is 9.64. The third-order valence-electron chi connectivity index (χ3n) is 5.00. The topological polar surface area (TPSA) is 50.5 Å². The maximum Gasteiger partial charge on any atom is 0.295 e. The molecule has 136 valence electrons. The van der Waals surface area contributed by atoms with Gasteiger partial charge in [-0.3, -0.25) is 14.5 Å². The highest BCUT2D eigenvalue weighted by atomic mass is 79.9. The summed E-state index contributed by atoms with van der Waals surface area (Å²) in [6.45, 7) is 0. The molecule has 5 heteroatoms. The van der Waals surface area contributed by atoms with Gasteiger partial charge in [-0.2, -0.15) is 0 Å². The lowest BCUT2D eigenvalue weighted by molar-refractivity contribution is 0.0971. The van der Waals surface area contributed by atoms with E-state index in [-0.39, 0.29) is 17.1 Å². The third-order valence-corrected chi connectivity index (χ3v) is 5.53. The number of rotatable bonds is 2. The number of halogens is 1. The first-order chi connectivity index (χ1) is 13.6. The van der Waals surface area contributed by atoms with Gasteiger partial charge < -0.3 is 4.42 Å². The molecule has 5 rings (SSSR count). The van der Waals surface area contributed by atoms with Crippen LogP contribution in [0.5, 0.6) is 0 Å². The lowest BCUT2D eigenvalue weighted by atomic mass is 9.98. The van der Waals surface area contributed by atoms with Crippen LogP contribution in [0, 0.1) is 0 Å². The van der Waals surface area contributed by atoms with Gasteiger partial charge in [0.05, 0.1) is 17.0 Å². The lowest BCUT2D eigenvalue weighted by Crippen LogP contribution is -2.29. The van der Waals surface area contributed by atoms with E-state index in [1.165, 1.54) is 0 Å². The van der Waals surface area contributed by atoms with Crippen molar-refractivity contribution >= 4 is 38.5 Å². The third kappa shape index (κ3) is 2.51. The molecule has 2 heterocycles. The summed E-state index contributed by atoms with van der Waals surface area (Å²) >= 11 is 3.44. The van der Waals surface area contributed by atoms with Crippen LogP contribution in [0.15, 0.2) is 92.5 Å². The highest BCUT2D eigenvalue weighted by Crippen LogP contribution is 2.41. The van der Waals surface area contributed by atoms with Crippen molar-refractivity contribution in [3.63, 3.8) is 0 Å². The van der Waals surface area contributed by atoms with E-state index >= 15 is 0 Å². The molecule has 0 spiro atoms. The van der Waals surface area contributed by atoms with Gasteiger partial charge in [0.2, 0.25) is 5.76 Å². The van der Waals surface area contributed by atoms with Gasteiger partial charge in [-0.1, -0.05) is 58.4 Å². The highest BCUT2D eigenvalue weighted by molar-refractivity contribution is 9.10. The normalized spacial score (nSPS) is 15.8. The van der Waals surface area contributed by atoms with Crippen LogP contribution >= 0.6 is 15.9 Å². The minimum atomic E-state index is -0.543. The SMILES string of the molecule is O=C1c2oc3ccccc3c(=O)c2C(c2ccc(Br)cc2)N1c1ccccc1. The number of benzene rings is 3. The molecule has 28 heavy (non-hydrogen) atoms. The molecule has 1 amide bonds.